The van der Waals surface area contributed by atoms with Crippen LogP contribution in [0.3, 0.4) is 0 Å². The van der Waals surface area contributed by atoms with Crippen LogP contribution >= 0.6 is 0 Å². The highest BCUT2D eigenvalue weighted by molar-refractivity contribution is 5.98. The predicted molar refractivity (Wildman–Crippen MR) is 75.4 cm³/mol. The van der Waals surface area contributed by atoms with Crippen molar-refractivity contribution in [3.05, 3.63) is 35.9 Å². The van der Waals surface area contributed by atoms with Crippen molar-refractivity contribution in [3.63, 3.8) is 0 Å². The number of benzene rings is 1. The van der Waals surface area contributed by atoms with Gasteiger partial charge in [-0.3, -0.25) is 4.79 Å². The fourth-order valence-corrected chi connectivity index (χ4v) is 1.84. The summed E-state index contributed by atoms with van der Waals surface area (Å²) in [4.78, 5) is 24.2. The Morgan fingerprint density at radius 3 is 2.40 bits per heavy atom. The van der Waals surface area contributed by atoms with Gasteiger partial charge in [-0.05, 0) is 32.9 Å². The molecule has 5 heteroatoms. The number of esters is 1. The van der Waals surface area contributed by atoms with E-state index in [0.29, 0.717) is 12.2 Å². The summed E-state index contributed by atoms with van der Waals surface area (Å²) in [6, 6.07) is 8.70. The minimum Gasteiger partial charge on any atom is -0.467 e. The van der Waals surface area contributed by atoms with E-state index < -0.39 is 17.6 Å². The molecule has 0 saturated carbocycles. The lowest BCUT2D eigenvalue weighted by Gasteiger charge is -2.33. The fourth-order valence-electron chi connectivity index (χ4n) is 1.84. The maximum absolute atomic E-state index is 12.2. The third kappa shape index (κ3) is 3.57. The molecule has 0 aliphatic rings. The number of ether oxygens (including phenoxy) is 2. The van der Waals surface area contributed by atoms with Gasteiger partial charge in [0.1, 0.15) is 0 Å². The molecular weight excluding hydrogens is 258 g/mol. The molecule has 110 valence electrons. The number of hydrogen-bond acceptors (Lipinski definition) is 4. The number of hydrogen-bond donors (Lipinski definition) is 1. The highest BCUT2D eigenvalue weighted by Gasteiger charge is 2.42. The quantitative estimate of drug-likeness (QED) is 0.806. The number of nitrogens with one attached hydrogen (secondary N) is 1. The van der Waals surface area contributed by atoms with Gasteiger partial charge in [-0.1, -0.05) is 18.2 Å². The van der Waals surface area contributed by atoms with Crippen LogP contribution < -0.4 is 5.32 Å². The molecule has 1 N–H and O–H groups in total. The molecule has 0 spiro atoms. The Labute approximate surface area is 119 Å². The van der Waals surface area contributed by atoms with Gasteiger partial charge in [-0.25, -0.2) is 4.79 Å². The second-order valence-electron chi connectivity index (χ2n) is 4.61. The lowest BCUT2D eigenvalue weighted by Crippen LogP contribution is -2.60. The zero-order chi connectivity index (χ0) is 15.2. The molecule has 0 radical (unpaired) electrons. The van der Waals surface area contributed by atoms with Crippen LogP contribution in [0.5, 0.6) is 0 Å². The summed E-state index contributed by atoms with van der Waals surface area (Å²) in [6.07, 6.45) is -0.507. The van der Waals surface area contributed by atoms with E-state index in [0.717, 1.165) is 0 Å². The summed E-state index contributed by atoms with van der Waals surface area (Å²) in [7, 11) is 1.29. The SMILES string of the molecule is CCO[C@H](C)[C@@](C)(NC(=O)c1ccccc1)C(=O)OC. The Hall–Kier alpha value is -1.88. The zero-order valence-electron chi connectivity index (χ0n) is 12.3. The van der Waals surface area contributed by atoms with E-state index in [4.69, 9.17) is 9.47 Å². The van der Waals surface area contributed by atoms with E-state index in [1.54, 1.807) is 38.1 Å². The Kier molecular flexibility index (Phi) is 5.70. The first-order valence-corrected chi connectivity index (χ1v) is 6.53. The first-order chi connectivity index (χ1) is 9.45. The molecule has 1 amide bonds. The minimum absolute atomic E-state index is 0.343. The molecule has 0 bridgehead atoms. The van der Waals surface area contributed by atoms with Crippen LogP contribution in [0.1, 0.15) is 31.1 Å². The van der Waals surface area contributed by atoms with Crippen LogP contribution in [0.2, 0.25) is 0 Å². The van der Waals surface area contributed by atoms with Crippen molar-refractivity contribution in [1.29, 1.82) is 0 Å². The van der Waals surface area contributed by atoms with Crippen molar-refractivity contribution in [1.82, 2.24) is 5.32 Å². The molecule has 0 aliphatic heterocycles. The van der Waals surface area contributed by atoms with E-state index in [2.05, 4.69) is 5.32 Å². The molecule has 20 heavy (non-hydrogen) atoms. The third-order valence-corrected chi connectivity index (χ3v) is 3.25. The van der Waals surface area contributed by atoms with Gasteiger partial charge in [0, 0.05) is 12.2 Å². The maximum atomic E-state index is 12.2. The second kappa shape index (κ2) is 7.05. The molecule has 1 rings (SSSR count). The van der Waals surface area contributed by atoms with Gasteiger partial charge in [0.2, 0.25) is 0 Å². The summed E-state index contributed by atoms with van der Waals surface area (Å²) >= 11 is 0. The topological polar surface area (TPSA) is 64.6 Å². The van der Waals surface area contributed by atoms with E-state index in [1.807, 2.05) is 13.0 Å². The Balaban J connectivity index is 2.96. The Bertz CT molecular complexity index is 460. The van der Waals surface area contributed by atoms with Crippen molar-refractivity contribution >= 4 is 11.9 Å². The smallest absolute Gasteiger partial charge is 0.334 e. The highest BCUT2D eigenvalue weighted by atomic mass is 16.5. The van der Waals surface area contributed by atoms with E-state index in [-0.39, 0.29) is 5.91 Å². The van der Waals surface area contributed by atoms with E-state index in [1.165, 1.54) is 7.11 Å². The molecule has 0 aliphatic carbocycles. The molecule has 0 unspecified atom stereocenters. The standard InChI is InChI=1S/C15H21NO4/c1-5-20-11(2)15(3,14(18)19-4)16-13(17)12-9-7-6-8-10-12/h6-11H,5H2,1-4H3,(H,16,17)/t11-,15-/m1/s1. The minimum atomic E-state index is -1.24. The van der Waals surface area contributed by atoms with Crippen molar-refractivity contribution in [3.8, 4) is 0 Å². The van der Waals surface area contributed by atoms with Crippen molar-refractivity contribution < 1.29 is 19.1 Å². The molecule has 1 aromatic carbocycles. The van der Waals surface area contributed by atoms with Crippen LogP contribution in [0.25, 0.3) is 0 Å². The van der Waals surface area contributed by atoms with Gasteiger partial charge < -0.3 is 14.8 Å². The van der Waals surface area contributed by atoms with Crippen LogP contribution in [0.4, 0.5) is 0 Å². The molecule has 0 fully saturated rings. The number of carbonyl (C=O) groups excluding carboxylic acids is 2. The summed E-state index contributed by atoms with van der Waals surface area (Å²) in [5.74, 6) is -0.882. The number of rotatable bonds is 6. The van der Waals surface area contributed by atoms with Gasteiger partial charge in [0.25, 0.3) is 5.91 Å². The summed E-state index contributed by atoms with van der Waals surface area (Å²) < 4.78 is 10.2. The van der Waals surface area contributed by atoms with Gasteiger partial charge in [0.05, 0.1) is 13.2 Å². The fraction of sp³-hybridized carbons (Fsp3) is 0.467. The first-order valence-electron chi connectivity index (χ1n) is 6.53. The van der Waals surface area contributed by atoms with E-state index in [9.17, 15) is 9.59 Å². The molecule has 5 nitrogen and oxygen atoms in total. The van der Waals surface area contributed by atoms with Crippen LogP contribution in [-0.4, -0.2) is 37.2 Å². The van der Waals surface area contributed by atoms with Crippen molar-refractivity contribution in [2.24, 2.45) is 0 Å². The molecular formula is C15H21NO4. The predicted octanol–water partition coefficient (Wildman–Crippen LogP) is 1.77. The molecule has 0 heterocycles. The Morgan fingerprint density at radius 2 is 1.90 bits per heavy atom. The molecule has 0 saturated heterocycles. The zero-order valence-corrected chi connectivity index (χ0v) is 12.3. The normalized spacial score (nSPS) is 15.0. The molecule has 1 aromatic rings. The van der Waals surface area contributed by atoms with Crippen LogP contribution in [-0.2, 0) is 14.3 Å². The number of methoxy groups -OCH3 is 1. The number of amides is 1. The van der Waals surface area contributed by atoms with Crippen LogP contribution in [0.15, 0.2) is 30.3 Å². The average molecular weight is 279 g/mol. The van der Waals surface area contributed by atoms with Gasteiger partial charge in [-0.2, -0.15) is 0 Å². The lowest BCUT2D eigenvalue weighted by atomic mass is 9.95. The van der Waals surface area contributed by atoms with E-state index >= 15 is 0 Å². The van der Waals surface area contributed by atoms with Crippen molar-refractivity contribution in [2.75, 3.05) is 13.7 Å². The van der Waals surface area contributed by atoms with Crippen LogP contribution in [0, 0.1) is 0 Å². The maximum Gasteiger partial charge on any atom is 0.334 e. The summed E-state index contributed by atoms with van der Waals surface area (Å²) in [6.45, 7) is 5.59. The first kappa shape index (κ1) is 16.2. The molecule has 2 atom stereocenters. The lowest BCUT2D eigenvalue weighted by molar-refractivity contribution is -0.153. The second-order valence-corrected chi connectivity index (χ2v) is 4.61. The average Bonchev–Trinajstić information content (AvgIpc) is 2.47. The summed E-state index contributed by atoms with van der Waals surface area (Å²) in [5.41, 5.74) is -0.760. The molecule has 0 aromatic heterocycles. The monoisotopic (exact) mass is 279 g/mol. The Morgan fingerprint density at radius 1 is 1.30 bits per heavy atom. The van der Waals surface area contributed by atoms with Gasteiger partial charge in [0.15, 0.2) is 5.54 Å². The van der Waals surface area contributed by atoms with Gasteiger partial charge in [-0.15, -0.1) is 0 Å². The summed E-state index contributed by atoms with van der Waals surface area (Å²) in [5, 5.41) is 2.71. The highest BCUT2D eigenvalue weighted by Crippen LogP contribution is 2.17. The largest absolute Gasteiger partial charge is 0.467 e. The third-order valence-electron chi connectivity index (χ3n) is 3.25. The van der Waals surface area contributed by atoms with Gasteiger partial charge >= 0.3 is 5.97 Å². The number of carbonyl (C=O) groups is 2. The van der Waals surface area contributed by atoms with Crippen molar-refractivity contribution in [2.45, 2.75) is 32.4 Å².